The highest BCUT2D eigenvalue weighted by Crippen LogP contribution is 2.30. The van der Waals surface area contributed by atoms with E-state index in [0.29, 0.717) is 6.10 Å². The van der Waals surface area contributed by atoms with Crippen LogP contribution in [0.3, 0.4) is 0 Å². The van der Waals surface area contributed by atoms with Crippen molar-refractivity contribution in [1.82, 2.24) is 14.8 Å². The molecule has 1 aromatic heterocycles. The zero-order chi connectivity index (χ0) is 14.7. The molecule has 2 heterocycles. The van der Waals surface area contributed by atoms with Gasteiger partial charge in [0.2, 0.25) is 0 Å². The molecule has 1 aromatic rings. The van der Waals surface area contributed by atoms with Crippen LogP contribution in [0.2, 0.25) is 0 Å². The van der Waals surface area contributed by atoms with Crippen LogP contribution >= 0.6 is 0 Å². The van der Waals surface area contributed by atoms with Crippen molar-refractivity contribution in [2.24, 2.45) is 5.92 Å². The van der Waals surface area contributed by atoms with Gasteiger partial charge in [-0.15, -0.1) is 0 Å². The summed E-state index contributed by atoms with van der Waals surface area (Å²) in [6.45, 7) is 8.21. The van der Waals surface area contributed by atoms with Crippen molar-refractivity contribution in [2.75, 3.05) is 39.8 Å². The number of likely N-dealkylation sites (N-methyl/N-ethyl adjacent to an activating group) is 1. The van der Waals surface area contributed by atoms with Gasteiger partial charge in [0.1, 0.15) is 0 Å². The molecule has 0 aromatic carbocycles. The number of ether oxygens (including phenoxy) is 1. The lowest BCUT2D eigenvalue weighted by molar-refractivity contribution is -0.0374. The predicted molar refractivity (Wildman–Crippen MR) is 84.2 cm³/mol. The fourth-order valence-electron chi connectivity index (χ4n) is 2.96. The number of hydrogen-bond donors (Lipinski definition) is 0. The van der Waals surface area contributed by atoms with E-state index in [1.165, 1.54) is 30.6 Å². The molecule has 1 atom stereocenters. The van der Waals surface area contributed by atoms with Crippen LogP contribution in [0.1, 0.15) is 24.1 Å². The first-order valence-corrected chi connectivity index (χ1v) is 8.13. The lowest BCUT2D eigenvalue weighted by Gasteiger charge is -2.34. The number of aryl methyl sites for hydroxylation is 1. The van der Waals surface area contributed by atoms with Gasteiger partial charge in [-0.3, -0.25) is 9.88 Å². The van der Waals surface area contributed by atoms with Crippen LogP contribution in [-0.2, 0) is 11.3 Å². The van der Waals surface area contributed by atoms with Crippen LogP contribution < -0.4 is 0 Å². The van der Waals surface area contributed by atoms with E-state index in [-0.39, 0.29) is 0 Å². The molecule has 4 nitrogen and oxygen atoms in total. The molecule has 0 bridgehead atoms. The summed E-state index contributed by atoms with van der Waals surface area (Å²) in [5.74, 6) is 0.900. The third-order valence-corrected chi connectivity index (χ3v) is 4.38. The van der Waals surface area contributed by atoms with E-state index in [1.54, 1.807) is 0 Å². The van der Waals surface area contributed by atoms with Gasteiger partial charge in [0, 0.05) is 38.9 Å². The molecule has 116 valence electrons. The maximum absolute atomic E-state index is 5.93. The van der Waals surface area contributed by atoms with E-state index in [1.807, 2.05) is 6.20 Å². The van der Waals surface area contributed by atoms with Gasteiger partial charge in [0.25, 0.3) is 0 Å². The molecule has 21 heavy (non-hydrogen) atoms. The molecule has 0 spiro atoms. The summed E-state index contributed by atoms with van der Waals surface area (Å²) in [7, 11) is 2.18. The Hall–Kier alpha value is -0.970. The second-order valence-corrected chi connectivity index (χ2v) is 6.72. The van der Waals surface area contributed by atoms with Crippen molar-refractivity contribution in [3.05, 3.63) is 29.6 Å². The molecule has 1 saturated carbocycles. The highest BCUT2D eigenvalue weighted by Gasteiger charge is 2.27. The normalized spacial score (nSPS) is 23.7. The number of rotatable bonds is 6. The van der Waals surface area contributed by atoms with Gasteiger partial charge in [-0.1, -0.05) is 6.07 Å². The molecule has 0 amide bonds. The number of aromatic nitrogens is 1. The standard InChI is InChI=1S/C17H27N3O/c1-14-3-6-16(18-9-14)11-20(10-15-4-5-15)13-17-12-19(2)7-8-21-17/h3,6,9,15,17H,4-5,7-8,10-13H2,1-2H3/t17-/m1/s1. The van der Waals surface area contributed by atoms with E-state index in [0.717, 1.165) is 38.7 Å². The molecule has 0 N–H and O–H groups in total. The summed E-state index contributed by atoms with van der Waals surface area (Å²) < 4.78 is 5.93. The van der Waals surface area contributed by atoms with Gasteiger partial charge >= 0.3 is 0 Å². The van der Waals surface area contributed by atoms with Crippen LogP contribution in [0.15, 0.2) is 18.3 Å². The Morgan fingerprint density at radius 1 is 1.33 bits per heavy atom. The lowest BCUT2D eigenvalue weighted by Crippen LogP contribution is -2.46. The molecule has 2 fully saturated rings. The number of morpholine rings is 1. The van der Waals surface area contributed by atoms with Gasteiger partial charge in [0.05, 0.1) is 18.4 Å². The van der Waals surface area contributed by atoms with Crippen LogP contribution in [-0.4, -0.2) is 60.7 Å². The van der Waals surface area contributed by atoms with Crippen molar-refractivity contribution in [2.45, 2.75) is 32.4 Å². The first kappa shape index (κ1) is 14.9. The molecular weight excluding hydrogens is 262 g/mol. The molecule has 1 saturated heterocycles. The minimum atomic E-state index is 0.341. The highest BCUT2D eigenvalue weighted by molar-refractivity contribution is 5.12. The van der Waals surface area contributed by atoms with E-state index in [9.17, 15) is 0 Å². The van der Waals surface area contributed by atoms with Crippen LogP contribution in [0, 0.1) is 12.8 Å². The highest BCUT2D eigenvalue weighted by atomic mass is 16.5. The maximum atomic E-state index is 5.93. The molecule has 0 radical (unpaired) electrons. The Morgan fingerprint density at radius 2 is 2.19 bits per heavy atom. The zero-order valence-electron chi connectivity index (χ0n) is 13.3. The average molecular weight is 289 g/mol. The monoisotopic (exact) mass is 289 g/mol. The minimum absolute atomic E-state index is 0.341. The van der Waals surface area contributed by atoms with Gasteiger partial charge in [-0.25, -0.2) is 0 Å². The second kappa shape index (κ2) is 6.86. The third-order valence-electron chi connectivity index (χ3n) is 4.38. The lowest BCUT2D eigenvalue weighted by atomic mass is 10.2. The molecule has 0 unspecified atom stereocenters. The van der Waals surface area contributed by atoms with Crippen molar-refractivity contribution in [3.63, 3.8) is 0 Å². The van der Waals surface area contributed by atoms with Crippen LogP contribution in [0.5, 0.6) is 0 Å². The van der Waals surface area contributed by atoms with Crippen molar-refractivity contribution in [1.29, 1.82) is 0 Å². The summed E-state index contributed by atoms with van der Waals surface area (Å²) in [4.78, 5) is 9.47. The largest absolute Gasteiger partial charge is 0.374 e. The van der Waals surface area contributed by atoms with Gasteiger partial charge in [-0.2, -0.15) is 0 Å². The van der Waals surface area contributed by atoms with E-state index in [2.05, 4.69) is 40.9 Å². The van der Waals surface area contributed by atoms with Crippen LogP contribution in [0.25, 0.3) is 0 Å². The molecular formula is C17H27N3O. The molecule has 1 aliphatic carbocycles. The summed E-state index contributed by atoms with van der Waals surface area (Å²) in [6, 6.07) is 4.31. The van der Waals surface area contributed by atoms with Crippen molar-refractivity contribution < 1.29 is 4.74 Å². The van der Waals surface area contributed by atoms with Gasteiger partial charge < -0.3 is 9.64 Å². The zero-order valence-corrected chi connectivity index (χ0v) is 13.3. The van der Waals surface area contributed by atoms with E-state index in [4.69, 9.17) is 4.74 Å². The number of pyridine rings is 1. The van der Waals surface area contributed by atoms with E-state index < -0.39 is 0 Å². The second-order valence-electron chi connectivity index (χ2n) is 6.72. The topological polar surface area (TPSA) is 28.6 Å². The predicted octanol–water partition coefficient (Wildman–Crippen LogP) is 1.93. The smallest absolute Gasteiger partial charge is 0.0829 e. The van der Waals surface area contributed by atoms with Crippen molar-refractivity contribution in [3.8, 4) is 0 Å². The Balaban J connectivity index is 1.58. The summed E-state index contributed by atoms with van der Waals surface area (Å²) in [5, 5.41) is 0. The summed E-state index contributed by atoms with van der Waals surface area (Å²) >= 11 is 0. The van der Waals surface area contributed by atoms with Gasteiger partial charge in [0.15, 0.2) is 0 Å². The number of hydrogen-bond acceptors (Lipinski definition) is 4. The van der Waals surface area contributed by atoms with E-state index >= 15 is 0 Å². The average Bonchev–Trinajstić information content (AvgIpc) is 3.25. The molecule has 1 aliphatic heterocycles. The minimum Gasteiger partial charge on any atom is -0.374 e. The molecule has 3 rings (SSSR count). The Labute approximate surface area is 128 Å². The number of nitrogens with zero attached hydrogens (tertiary/aromatic N) is 3. The quantitative estimate of drug-likeness (QED) is 0.800. The Kier molecular flexibility index (Phi) is 4.88. The van der Waals surface area contributed by atoms with Crippen molar-refractivity contribution >= 4 is 0 Å². The Bertz CT molecular complexity index is 444. The van der Waals surface area contributed by atoms with Gasteiger partial charge in [-0.05, 0) is 44.4 Å². The fourth-order valence-corrected chi connectivity index (χ4v) is 2.96. The summed E-state index contributed by atoms with van der Waals surface area (Å²) in [6.07, 6.45) is 5.09. The summed E-state index contributed by atoms with van der Waals surface area (Å²) in [5.41, 5.74) is 2.40. The molecule has 4 heteroatoms. The maximum Gasteiger partial charge on any atom is 0.0829 e. The first-order chi connectivity index (χ1) is 10.2. The Morgan fingerprint density at radius 3 is 2.86 bits per heavy atom. The first-order valence-electron chi connectivity index (χ1n) is 8.13. The fraction of sp³-hybridized carbons (Fsp3) is 0.706. The molecule has 2 aliphatic rings. The van der Waals surface area contributed by atoms with Crippen LogP contribution in [0.4, 0.5) is 0 Å². The third kappa shape index (κ3) is 4.77. The SMILES string of the molecule is Cc1ccc(CN(CC2CC2)C[C@H]2CN(C)CCO2)nc1.